The predicted molar refractivity (Wildman–Crippen MR) is 138 cm³/mol. The molecule has 2 aromatic rings. The number of rotatable bonds is 10. The van der Waals surface area contributed by atoms with E-state index in [1.807, 2.05) is 24.3 Å². The highest BCUT2D eigenvalue weighted by molar-refractivity contribution is 7.99. The summed E-state index contributed by atoms with van der Waals surface area (Å²) in [4.78, 5) is 30.0. The van der Waals surface area contributed by atoms with Crippen LogP contribution in [0.2, 0.25) is 0 Å². The first-order chi connectivity index (χ1) is 15.9. The molecule has 178 valence electrons. The van der Waals surface area contributed by atoms with Crippen LogP contribution >= 0.6 is 11.8 Å². The Labute approximate surface area is 202 Å². The smallest absolute Gasteiger partial charge is 0.224 e. The molecule has 0 aliphatic carbocycles. The Kier molecular flexibility index (Phi) is 9.82. The first-order valence-corrected chi connectivity index (χ1v) is 13.0. The maximum atomic E-state index is 13.1. The maximum Gasteiger partial charge on any atom is 0.224 e. The average molecular weight is 468 g/mol. The van der Waals surface area contributed by atoms with Crippen LogP contribution in [-0.2, 0) is 16.0 Å². The predicted octanol–water partition coefficient (Wildman–Crippen LogP) is 4.93. The molecule has 1 atom stereocenters. The largest absolute Gasteiger partial charge is 0.338 e. The van der Waals surface area contributed by atoms with Gasteiger partial charge in [0.05, 0.1) is 0 Å². The summed E-state index contributed by atoms with van der Waals surface area (Å²) in [6.45, 7) is 9.54. The van der Waals surface area contributed by atoms with Crippen molar-refractivity contribution >= 4 is 29.3 Å². The molecule has 1 unspecified atom stereocenters. The van der Waals surface area contributed by atoms with Gasteiger partial charge in [-0.3, -0.25) is 9.59 Å². The lowest BCUT2D eigenvalue weighted by Gasteiger charge is -2.32. The fourth-order valence-corrected chi connectivity index (χ4v) is 5.31. The van der Waals surface area contributed by atoms with Gasteiger partial charge in [0.1, 0.15) is 0 Å². The van der Waals surface area contributed by atoms with Crippen molar-refractivity contribution in [1.29, 1.82) is 0 Å². The van der Waals surface area contributed by atoms with Crippen molar-refractivity contribution in [1.82, 2.24) is 9.80 Å². The lowest BCUT2D eigenvalue weighted by molar-refractivity contribution is -0.132. The Morgan fingerprint density at radius 2 is 1.76 bits per heavy atom. The number of carbonyl (C=O) groups is 2. The fraction of sp³-hybridized carbons (Fsp3) is 0.481. The monoisotopic (exact) mass is 467 g/mol. The van der Waals surface area contributed by atoms with E-state index in [9.17, 15) is 9.59 Å². The van der Waals surface area contributed by atoms with Crippen molar-refractivity contribution in [3.05, 3.63) is 60.2 Å². The highest BCUT2D eigenvalue weighted by Gasteiger charge is 2.27. The summed E-state index contributed by atoms with van der Waals surface area (Å²) in [5.74, 6) is 1.63. The fourth-order valence-electron chi connectivity index (χ4n) is 4.28. The molecule has 6 heteroatoms. The second-order valence-corrected chi connectivity index (χ2v) is 10.3. The third kappa shape index (κ3) is 8.52. The van der Waals surface area contributed by atoms with Crippen molar-refractivity contribution in [3.8, 4) is 0 Å². The molecule has 1 heterocycles. The van der Waals surface area contributed by atoms with Gasteiger partial charge in [0, 0.05) is 61.9 Å². The number of nitrogens with one attached hydrogen (secondary N) is 1. The summed E-state index contributed by atoms with van der Waals surface area (Å²) in [6.07, 6.45) is 2.63. The van der Waals surface area contributed by atoms with Crippen LogP contribution in [0.3, 0.4) is 0 Å². The van der Waals surface area contributed by atoms with Gasteiger partial charge < -0.3 is 15.1 Å². The summed E-state index contributed by atoms with van der Waals surface area (Å²) in [5, 5.41) is 2.81. The number of thioether (sulfide) groups is 1. The van der Waals surface area contributed by atoms with Gasteiger partial charge in [0.25, 0.3) is 0 Å². The van der Waals surface area contributed by atoms with Crippen LogP contribution in [0.1, 0.15) is 39.2 Å². The number of nitrogens with zero attached hydrogens (tertiary/aromatic N) is 2. The second-order valence-electron chi connectivity index (χ2n) is 9.21. The van der Waals surface area contributed by atoms with Crippen LogP contribution in [-0.4, -0.2) is 59.6 Å². The van der Waals surface area contributed by atoms with E-state index in [4.69, 9.17) is 0 Å². The van der Waals surface area contributed by atoms with Gasteiger partial charge in [-0.2, -0.15) is 0 Å². The molecule has 0 saturated carbocycles. The van der Waals surface area contributed by atoms with Gasteiger partial charge in [-0.25, -0.2) is 0 Å². The third-order valence-electron chi connectivity index (χ3n) is 5.98. The van der Waals surface area contributed by atoms with Gasteiger partial charge in [0.2, 0.25) is 11.8 Å². The summed E-state index contributed by atoms with van der Waals surface area (Å²) in [5.41, 5.74) is 2.16. The molecular formula is C27H37N3O2S. The number of carbonyl (C=O) groups excluding carboxylic acids is 2. The zero-order chi connectivity index (χ0) is 23.6. The lowest BCUT2D eigenvalue weighted by atomic mass is 10.0. The summed E-state index contributed by atoms with van der Waals surface area (Å²) >= 11 is 1.79. The number of anilines is 1. The van der Waals surface area contributed by atoms with E-state index in [0.717, 1.165) is 55.4 Å². The second kappa shape index (κ2) is 12.8. The average Bonchev–Trinajstić information content (AvgIpc) is 2.97. The van der Waals surface area contributed by atoms with Crippen LogP contribution < -0.4 is 5.32 Å². The molecule has 1 saturated heterocycles. The summed E-state index contributed by atoms with van der Waals surface area (Å²) in [6, 6.07) is 18.8. The van der Waals surface area contributed by atoms with E-state index in [1.54, 1.807) is 11.8 Å². The van der Waals surface area contributed by atoms with Gasteiger partial charge >= 0.3 is 0 Å². The lowest BCUT2D eigenvalue weighted by Crippen LogP contribution is -2.43. The zero-order valence-corrected chi connectivity index (χ0v) is 20.9. The molecule has 3 rings (SSSR count). The Bertz CT molecular complexity index is 886. The molecule has 5 nitrogen and oxygen atoms in total. The number of benzene rings is 2. The Hall–Kier alpha value is -2.31. The molecule has 0 spiro atoms. The van der Waals surface area contributed by atoms with Crippen LogP contribution in [0.4, 0.5) is 5.69 Å². The normalized spacial score (nSPS) is 16.0. The first kappa shape index (κ1) is 25.3. The van der Waals surface area contributed by atoms with Crippen molar-refractivity contribution in [3.63, 3.8) is 0 Å². The molecule has 0 aromatic heterocycles. The Morgan fingerprint density at radius 1 is 1.03 bits per heavy atom. The highest BCUT2D eigenvalue weighted by Crippen LogP contribution is 2.26. The van der Waals surface area contributed by atoms with E-state index < -0.39 is 0 Å². The van der Waals surface area contributed by atoms with Crippen molar-refractivity contribution < 1.29 is 9.59 Å². The quantitative estimate of drug-likeness (QED) is 0.504. The molecule has 1 fully saturated rings. The van der Waals surface area contributed by atoms with Crippen molar-refractivity contribution in [2.45, 2.75) is 51.0 Å². The van der Waals surface area contributed by atoms with Gasteiger partial charge in [-0.1, -0.05) is 44.2 Å². The number of amides is 2. The molecule has 0 radical (unpaired) electrons. The van der Waals surface area contributed by atoms with E-state index in [1.165, 1.54) is 12.5 Å². The zero-order valence-electron chi connectivity index (χ0n) is 20.1. The van der Waals surface area contributed by atoms with Gasteiger partial charge in [-0.15, -0.1) is 11.8 Å². The molecule has 1 aliphatic rings. The Morgan fingerprint density at radius 3 is 2.42 bits per heavy atom. The van der Waals surface area contributed by atoms with Crippen molar-refractivity contribution in [2.24, 2.45) is 5.92 Å². The number of hydrogen-bond donors (Lipinski definition) is 1. The van der Waals surface area contributed by atoms with E-state index in [-0.39, 0.29) is 17.9 Å². The van der Waals surface area contributed by atoms with E-state index in [0.29, 0.717) is 12.3 Å². The minimum Gasteiger partial charge on any atom is -0.338 e. The van der Waals surface area contributed by atoms with Gasteiger partial charge in [0.15, 0.2) is 0 Å². The van der Waals surface area contributed by atoms with Crippen LogP contribution in [0.15, 0.2) is 59.5 Å². The minimum atomic E-state index is -0.0649. The SMILES string of the molecule is CC(=O)Nc1ccc(SCC(CC(C)C)N2CCN(CCc3ccccc3)CCC2=O)cc1. The molecule has 0 bridgehead atoms. The van der Waals surface area contributed by atoms with Crippen LogP contribution in [0.5, 0.6) is 0 Å². The number of hydrogen-bond acceptors (Lipinski definition) is 4. The summed E-state index contributed by atoms with van der Waals surface area (Å²) < 4.78 is 0. The molecular weight excluding hydrogens is 430 g/mol. The van der Waals surface area contributed by atoms with Crippen LogP contribution in [0.25, 0.3) is 0 Å². The topological polar surface area (TPSA) is 52.7 Å². The first-order valence-electron chi connectivity index (χ1n) is 12.0. The minimum absolute atomic E-state index is 0.0649. The molecule has 1 N–H and O–H groups in total. The standard InChI is InChI=1S/C27H37N3O2S/c1-21(2)19-25(20-33-26-11-9-24(10-12-26)28-22(3)31)30-18-17-29(16-14-27(30)32)15-13-23-7-5-4-6-8-23/h4-12,21,25H,13-20H2,1-3H3,(H,28,31). The van der Waals surface area contributed by atoms with Gasteiger partial charge in [-0.05, 0) is 48.6 Å². The Balaban J connectivity index is 1.57. The van der Waals surface area contributed by atoms with Crippen molar-refractivity contribution in [2.75, 3.05) is 37.2 Å². The third-order valence-corrected chi connectivity index (χ3v) is 7.14. The molecule has 2 amide bonds. The highest BCUT2D eigenvalue weighted by atomic mass is 32.2. The van der Waals surface area contributed by atoms with E-state index in [2.05, 4.69) is 59.3 Å². The van der Waals surface area contributed by atoms with E-state index >= 15 is 0 Å². The van der Waals surface area contributed by atoms with Crippen LogP contribution in [0, 0.1) is 5.92 Å². The maximum absolute atomic E-state index is 13.1. The molecule has 33 heavy (non-hydrogen) atoms. The summed E-state index contributed by atoms with van der Waals surface area (Å²) in [7, 11) is 0. The molecule has 2 aromatic carbocycles. The molecule has 1 aliphatic heterocycles.